The average Bonchev–Trinajstić information content (AvgIpc) is 2.47. The molecule has 22 heavy (non-hydrogen) atoms. The van der Waals surface area contributed by atoms with Gasteiger partial charge in [-0.1, -0.05) is 6.92 Å². The van der Waals surface area contributed by atoms with E-state index in [0.717, 1.165) is 37.7 Å². The van der Waals surface area contributed by atoms with Crippen molar-refractivity contribution in [2.75, 3.05) is 13.2 Å². The number of rotatable bonds is 0. The highest BCUT2D eigenvalue weighted by molar-refractivity contribution is 5.86. The summed E-state index contributed by atoms with van der Waals surface area (Å²) in [7, 11) is 0. The topological polar surface area (TPSA) is 46.5 Å². The molecule has 1 aliphatic heterocycles. The molecule has 3 saturated carbocycles. The van der Waals surface area contributed by atoms with E-state index in [0.29, 0.717) is 30.1 Å². The van der Waals surface area contributed by atoms with Gasteiger partial charge in [-0.2, -0.15) is 0 Å². The first-order chi connectivity index (χ1) is 10.4. The second-order valence-electron chi connectivity index (χ2n) is 9.07. The van der Waals surface area contributed by atoms with Crippen LogP contribution < -0.4 is 0 Å². The minimum atomic E-state index is -0.443. The van der Waals surface area contributed by atoms with E-state index < -0.39 is 5.60 Å². The molecular weight excluding hydrogens is 276 g/mol. The lowest BCUT2D eigenvalue weighted by Gasteiger charge is -2.58. The van der Waals surface area contributed by atoms with Crippen molar-refractivity contribution in [2.24, 2.45) is 35.0 Å². The van der Waals surface area contributed by atoms with Crippen molar-refractivity contribution < 1.29 is 14.6 Å². The van der Waals surface area contributed by atoms with Crippen molar-refractivity contribution in [3.63, 3.8) is 0 Å². The number of carbonyl (C=O) groups excluding carboxylic acids is 1. The van der Waals surface area contributed by atoms with E-state index >= 15 is 0 Å². The molecule has 4 rings (SSSR count). The Hall–Kier alpha value is -0.410. The molecule has 3 nitrogen and oxygen atoms in total. The first kappa shape index (κ1) is 15.1. The molecule has 4 fully saturated rings. The van der Waals surface area contributed by atoms with Crippen LogP contribution in [-0.2, 0) is 9.53 Å². The Morgan fingerprint density at radius 1 is 1.05 bits per heavy atom. The van der Waals surface area contributed by atoms with Crippen molar-refractivity contribution in [3.05, 3.63) is 0 Å². The van der Waals surface area contributed by atoms with Gasteiger partial charge in [-0.25, -0.2) is 0 Å². The van der Waals surface area contributed by atoms with Crippen molar-refractivity contribution >= 4 is 5.78 Å². The highest BCUT2D eigenvalue weighted by Crippen LogP contribution is 2.59. The van der Waals surface area contributed by atoms with E-state index in [9.17, 15) is 9.90 Å². The molecule has 124 valence electrons. The Kier molecular flexibility index (Phi) is 3.47. The van der Waals surface area contributed by atoms with Gasteiger partial charge in [0.05, 0.1) is 12.2 Å². The van der Waals surface area contributed by atoms with Gasteiger partial charge in [0.1, 0.15) is 6.61 Å². The lowest BCUT2D eigenvalue weighted by molar-refractivity contribution is -0.167. The van der Waals surface area contributed by atoms with Crippen LogP contribution in [-0.4, -0.2) is 29.7 Å². The smallest absolute Gasteiger partial charge is 0.164 e. The lowest BCUT2D eigenvalue weighted by Crippen LogP contribution is -2.56. The van der Waals surface area contributed by atoms with Crippen LogP contribution in [0, 0.1) is 35.0 Å². The van der Waals surface area contributed by atoms with Crippen LogP contribution in [0.5, 0.6) is 0 Å². The molecule has 0 aromatic rings. The third-order valence-electron chi connectivity index (χ3n) is 7.79. The second-order valence-corrected chi connectivity index (χ2v) is 9.07. The van der Waals surface area contributed by atoms with Crippen molar-refractivity contribution in [1.29, 1.82) is 0 Å². The van der Waals surface area contributed by atoms with Crippen LogP contribution in [0.1, 0.15) is 58.8 Å². The molecule has 7 atom stereocenters. The zero-order valence-electron chi connectivity index (χ0n) is 14.0. The maximum Gasteiger partial charge on any atom is 0.164 e. The van der Waals surface area contributed by atoms with E-state index in [1.165, 1.54) is 25.7 Å². The summed E-state index contributed by atoms with van der Waals surface area (Å²) in [6.07, 6.45) is 7.86. The number of fused-ring (bicyclic) bond motifs is 5. The fourth-order valence-electron chi connectivity index (χ4n) is 6.50. The quantitative estimate of drug-likeness (QED) is 0.747. The van der Waals surface area contributed by atoms with Gasteiger partial charge < -0.3 is 9.84 Å². The number of carbonyl (C=O) groups is 1. The van der Waals surface area contributed by atoms with Gasteiger partial charge in [-0.05, 0) is 81.5 Å². The molecule has 0 unspecified atom stereocenters. The van der Waals surface area contributed by atoms with Crippen molar-refractivity contribution in [1.82, 2.24) is 0 Å². The standard InChI is InChI=1S/C19H30O3/c1-18(21)7-5-13-12(9-18)3-4-15-14(13)6-8-19(2)16(15)10-22-11-17(19)20/h12-16,21H,3-11H2,1-2H3/t12-,13+,14-,15-,16+,18-,19+/m1/s1. The van der Waals surface area contributed by atoms with Crippen LogP contribution in [0.4, 0.5) is 0 Å². The fraction of sp³-hybridized carbons (Fsp3) is 0.947. The maximum absolute atomic E-state index is 12.4. The largest absolute Gasteiger partial charge is 0.390 e. The monoisotopic (exact) mass is 306 g/mol. The molecule has 0 aromatic carbocycles. The van der Waals surface area contributed by atoms with Crippen LogP contribution in [0.3, 0.4) is 0 Å². The Balaban J connectivity index is 1.57. The van der Waals surface area contributed by atoms with E-state index in [1.807, 2.05) is 6.92 Å². The van der Waals surface area contributed by atoms with Gasteiger partial charge in [-0.15, -0.1) is 0 Å². The van der Waals surface area contributed by atoms with Crippen LogP contribution in [0.25, 0.3) is 0 Å². The summed E-state index contributed by atoms with van der Waals surface area (Å²) < 4.78 is 5.65. The van der Waals surface area contributed by atoms with Crippen LogP contribution in [0.15, 0.2) is 0 Å². The minimum absolute atomic E-state index is 0.119. The van der Waals surface area contributed by atoms with Gasteiger partial charge in [-0.3, -0.25) is 4.79 Å². The molecule has 1 saturated heterocycles. The van der Waals surface area contributed by atoms with E-state index in [2.05, 4.69) is 6.92 Å². The SMILES string of the molecule is C[C@@]1(O)CC[C@H]2[C@H](CC[C@@H]3[C@@H]2CC[C@]2(C)C(=O)COC[C@@H]32)C1. The number of hydrogen-bond acceptors (Lipinski definition) is 3. The zero-order valence-corrected chi connectivity index (χ0v) is 14.0. The molecule has 1 N–H and O–H groups in total. The number of ether oxygens (including phenoxy) is 1. The Morgan fingerprint density at radius 2 is 1.82 bits per heavy atom. The third kappa shape index (κ3) is 2.19. The van der Waals surface area contributed by atoms with Gasteiger partial charge in [0.2, 0.25) is 0 Å². The molecule has 1 heterocycles. The summed E-state index contributed by atoms with van der Waals surface area (Å²) in [5.41, 5.74) is -0.562. The summed E-state index contributed by atoms with van der Waals surface area (Å²) in [4.78, 5) is 12.4. The maximum atomic E-state index is 12.4. The summed E-state index contributed by atoms with van der Waals surface area (Å²) in [5.74, 6) is 3.71. The van der Waals surface area contributed by atoms with Gasteiger partial charge >= 0.3 is 0 Å². The first-order valence-corrected chi connectivity index (χ1v) is 9.24. The highest BCUT2D eigenvalue weighted by Gasteiger charge is 2.56. The van der Waals surface area contributed by atoms with Crippen LogP contribution >= 0.6 is 0 Å². The van der Waals surface area contributed by atoms with E-state index in [-0.39, 0.29) is 5.41 Å². The molecule has 0 amide bonds. The molecule has 0 bridgehead atoms. The molecule has 3 heteroatoms. The normalized spacial score (nSPS) is 55.0. The molecule has 0 spiro atoms. The predicted octanol–water partition coefficient (Wildman–Crippen LogP) is 3.20. The Bertz CT molecular complexity index is 471. The summed E-state index contributed by atoms with van der Waals surface area (Å²) in [6, 6.07) is 0. The number of Topliss-reactive ketones (excluding diaryl/α,β-unsaturated/α-hetero) is 1. The molecule has 3 aliphatic carbocycles. The predicted molar refractivity (Wildman–Crippen MR) is 84.3 cm³/mol. The molecular formula is C19H30O3. The van der Waals surface area contributed by atoms with Crippen LogP contribution in [0.2, 0.25) is 0 Å². The average molecular weight is 306 g/mol. The summed E-state index contributed by atoms with van der Waals surface area (Å²) >= 11 is 0. The Labute approximate surface area is 133 Å². The zero-order chi connectivity index (χ0) is 15.5. The molecule has 4 aliphatic rings. The molecule has 0 radical (unpaired) electrons. The summed E-state index contributed by atoms with van der Waals surface area (Å²) in [5, 5.41) is 10.4. The van der Waals surface area contributed by atoms with Gasteiger partial charge in [0.15, 0.2) is 5.78 Å². The number of ketones is 1. The van der Waals surface area contributed by atoms with Gasteiger partial charge in [0, 0.05) is 5.41 Å². The summed E-state index contributed by atoms with van der Waals surface area (Å²) in [6.45, 7) is 5.34. The third-order valence-corrected chi connectivity index (χ3v) is 7.79. The van der Waals surface area contributed by atoms with E-state index in [4.69, 9.17) is 4.74 Å². The van der Waals surface area contributed by atoms with Crippen molar-refractivity contribution in [2.45, 2.75) is 64.4 Å². The lowest BCUT2D eigenvalue weighted by atomic mass is 9.48. The highest BCUT2D eigenvalue weighted by atomic mass is 16.5. The number of hydrogen-bond donors (Lipinski definition) is 1. The van der Waals surface area contributed by atoms with E-state index in [1.54, 1.807) is 0 Å². The van der Waals surface area contributed by atoms with Crippen molar-refractivity contribution in [3.8, 4) is 0 Å². The molecule has 0 aromatic heterocycles. The first-order valence-electron chi connectivity index (χ1n) is 9.24. The Morgan fingerprint density at radius 3 is 2.64 bits per heavy atom. The minimum Gasteiger partial charge on any atom is -0.390 e. The fourth-order valence-corrected chi connectivity index (χ4v) is 6.50. The number of aliphatic hydroxyl groups is 1. The second kappa shape index (κ2) is 5.04. The van der Waals surface area contributed by atoms with Gasteiger partial charge in [0.25, 0.3) is 0 Å².